The van der Waals surface area contributed by atoms with E-state index in [1.165, 1.54) is 6.26 Å². The molecule has 1 saturated heterocycles. The molecule has 1 aromatic carbocycles. The lowest BCUT2D eigenvalue weighted by Gasteiger charge is -2.34. The molecule has 0 amide bonds. The van der Waals surface area contributed by atoms with Crippen molar-refractivity contribution in [2.45, 2.75) is 37.3 Å². The maximum absolute atomic E-state index is 13.8. The van der Waals surface area contributed by atoms with Crippen molar-refractivity contribution in [2.24, 2.45) is 5.92 Å². The van der Waals surface area contributed by atoms with E-state index in [0.717, 1.165) is 37.2 Å². The third-order valence-corrected chi connectivity index (χ3v) is 6.24. The van der Waals surface area contributed by atoms with Crippen LogP contribution in [0.5, 0.6) is 5.75 Å². The number of likely N-dealkylation sites (tertiary alicyclic amines) is 1. The monoisotopic (exact) mass is 420 g/mol. The molecule has 7 heteroatoms. The molecule has 0 unspecified atom stereocenters. The third-order valence-electron chi connectivity index (χ3n) is 5.11. The average molecular weight is 421 g/mol. The molecule has 2 heterocycles. The first-order chi connectivity index (χ1) is 13.6. The van der Waals surface area contributed by atoms with Gasteiger partial charge in [-0.3, -0.25) is 4.98 Å². The zero-order valence-corrected chi connectivity index (χ0v) is 18.1. The number of hydrogen-bond donors (Lipinski definition) is 0. The van der Waals surface area contributed by atoms with Gasteiger partial charge >= 0.3 is 0 Å². The summed E-state index contributed by atoms with van der Waals surface area (Å²) in [6.07, 6.45) is 4.90. The summed E-state index contributed by atoms with van der Waals surface area (Å²) < 4.78 is 42.8. The van der Waals surface area contributed by atoms with Gasteiger partial charge in [0, 0.05) is 18.4 Å². The lowest BCUT2D eigenvalue weighted by Crippen LogP contribution is -2.41. The van der Waals surface area contributed by atoms with E-state index in [9.17, 15) is 12.8 Å². The second-order valence-corrected chi connectivity index (χ2v) is 10.4. The highest BCUT2D eigenvalue weighted by molar-refractivity contribution is 7.90. The van der Waals surface area contributed by atoms with Crippen LogP contribution >= 0.6 is 0 Å². The Balaban J connectivity index is 1.50. The zero-order chi connectivity index (χ0) is 21.1. The number of hydrogen-bond acceptors (Lipinski definition) is 5. The van der Waals surface area contributed by atoms with Crippen LogP contribution in [0.3, 0.4) is 0 Å². The number of sulfone groups is 1. The summed E-state index contributed by atoms with van der Waals surface area (Å²) in [5.74, 6) is 1.19. The molecule has 0 saturated carbocycles. The summed E-state index contributed by atoms with van der Waals surface area (Å²) in [6, 6.07) is 10.4. The fraction of sp³-hybridized carbons (Fsp3) is 0.500. The first kappa shape index (κ1) is 21.7. The van der Waals surface area contributed by atoms with Crippen LogP contribution in [0.1, 0.15) is 26.7 Å². The van der Waals surface area contributed by atoms with Gasteiger partial charge in [-0.15, -0.1) is 0 Å². The highest BCUT2D eigenvalue weighted by Gasteiger charge is 2.25. The zero-order valence-electron chi connectivity index (χ0n) is 17.3. The quantitative estimate of drug-likeness (QED) is 0.678. The largest absolute Gasteiger partial charge is 0.492 e. The van der Waals surface area contributed by atoms with Gasteiger partial charge in [-0.25, -0.2) is 12.8 Å². The van der Waals surface area contributed by atoms with Crippen LogP contribution in [0.15, 0.2) is 47.5 Å². The minimum Gasteiger partial charge on any atom is -0.492 e. The lowest BCUT2D eigenvalue weighted by atomic mass is 9.97. The predicted octanol–water partition coefficient (Wildman–Crippen LogP) is 3.99. The number of piperidine rings is 1. The number of nitrogens with zero attached hydrogens (tertiary/aromatic N) is 2. The molecule has 3 rings (SSSR count). The Hall–Kier alpha value is -1.99. The van der Waals surface area contributed by atoms with Gasteiger partial charge in [-0.2, -0.15) is 0 Å². The lowest BCUT2D eigenvalue weighted by molar-refractivity contribution is 0.0836. The van der Waals surface area contributed by atoms with E-state index in [1.54, 1.807) is 44.3 Å². The van der Waals surface area contributed by atoms with Crippen molar-refractivity contribution >= 4 is 9.84 Å². The van der Waals surface area contributed by atoms with Gasteiger partial charge in [-0.1, -0.05) is 12.1 Å². The fourth-order valence-electron chi connectivity index (χ4n) is 3.57. The normalized spacial score (nSPS) is 16.7. The van der Waals surface area contributed by atoms with Crippen LogP contribution in [0.2, 0.25) is 0 Å². The molecular formula is C22H29FN2O3S. The minimum atomic E-state index is -3.20. The molecule has 0 bridgehead atoms. The standard InChI is InChI=1S/C22H29FN2O3S/c1-22(2,23)16-25-12-10-17(11-13-25)15-28-19-6-9-21(24-14-19)18-4-7-20(8-5-18)29(3,26)27/h4-9,14,17H,10-13,15-16H2,1-3H3. The molecule has 29 heavy (non-hydrogen) atoms. The average Bonchev–Trinajstić information content (AvgIpc) is 2.66. The van der Waals surface area contributed by atoms with Gasteiger partial charge in [0.1, 0.15) is 11.4 Å². The summed E-state index contributed by atoms with van der Waals surface area (Å²) in [5.41, 5.74) is 0.466. The molecule has 5 nitrogen and oxygen atoms in total. The van der Waals surface area contributed by atoms with E-state index in [0.29, 0.717) is 29.7 Å². The Morgan fingerprint density at radius 1 is 1.14 bits per heavy atom. The molecule has 1 aromatic heterocycles. The molecule has 158 valence electrons. The molecule has 1 aliphatic rings. The third kappa shape index (κ3) is 6.51. The number of ether oxygens (including phenoxy) is 1. The Morgan fingerprint density at radius 3 is 2.31 bits per heavy atom. The second kappa shape index (κ2) is 8.79. The molecule has 1 fully saturated rings. The SMILES string of the molecule is CC(C)(F)CN1CCC(COc2ccc(-c3ccc(S(C)(=O)=O)cc3)nc2)CC1. The molecule has 2 aromatic rings. The van der Waals surface area contributed by atoms with E-state index in [4.69, 9.17) is 4.74 Å². The highest BCUT2D eigenvalue weighted by Crippen LogP contribution is 2.24. The smallest absolute Gasteiger partial charge is 0.175 e. The van der Waals surface area contributed by atoms with Gasteiger partial charge < -0.3 is 9.64 Å². The van der Waals surface area contributed by atoms with Crippen molar-refractivity contribution in [2.75, 3.05) is 32.5 Å². The van der Waals surface area contributed by atoms with E-state index in [2.05, 4.69) is 9.88 Å². The summed E-state index contributed by atoms with van der Waals surface area (Å²) in [5, 5.41) is 0. The van der Waals surface area contributed by atoms with Crippen molar-refractivity contribution in [1.29, 1.82) is 0 Å². The Morgan fingerprint density at radius 2 is 1.79 bits per heavy atom. The van der Waals surface area contributed by atoms with Gasteiger partial charge in [0.25, 0.3) is 0 Å². The number of benzene rings is 1. The topological polar surface area (TPSA) is 59.5 Å². The van der Waals surface area contributed by atoms with Gasteiger partial charge in [0.2, 0.25) is 0 Å². The van der Waals surface area contributed by atoms with E-state index in [-0.39, 0.29) is 0 Å². The number of halogens is 1. The van der Waals surface area contributed by atoms with Gasteiger partial charge in [0.15, 0.2) is 9.84 Å². The molecule has 0 radical (unpaired) electrons. The molecule has 1 aliphatic heterocycles. The summed E-state index contributed by atoms with van der Waals surface area (Å²) in [4.78, 5) is 6.91. The first-order valence-electron chi connectivity index (χ1n) is 9.91. The van der Waals surface area contributed by atoms with E-state index < -0.39 is 15.5 Å². The van der Waals surface area contributed by atoms with Crippen molar-refractivity contribution in [3.63, 3.8) is 0 Å². The van der Waals surface area contributed by atoms with E-state index >= 15 is 0 Å². The first-order valence-corrected chi connectivity index (χ1v) is 11.8. The van der Waals surface area contributed by atoms with Crippen LogP contribution in [-0.4, -0.2) is 56.5 Å². The number of alkyl halides is 1. The summed E-state index contributed by atoms with van der Waals surface area (Å²) >= 11 is 0. The van der Waals surface area contributed by atoms with Crippen LogP contribution < -0.4 is 4.74 Å². The molecule has 0 N–H and O–H groups in total. The molecular weight excluding hydrogens is 391 g/mol. The van der Waals surface area contributed by atoms with Gasteiger partial charge in [0.05, 0.1) is 23.4 Å². The Bertz CT molecular complexity index is 899. The minimum absolute atomic E-state index is 0.294. The maximum Gasteiger partial charge on any atom is 0.175 e. The summed E-state index contributed by atoms with van der Waals surface area (Å²) in [7, 11) is -3.20. The maximum atomic E-state index is 13.8. The molecule has 0 atom stereocenters. The van der Waals surface area contributed by atoms with Crippen molar-refractivity contribution in [3.05, 3.63) is 42.6 Å². The second-order valence-electron chi connectivity index (χ2n) is 8.42. The Kier molecular flexibility index (Phi) is 6.58. The van der Waals surface area contributed by atoms with Crippen molar-refractivity contribution < 1.29 is 17.5 Å². The Labute approximate surface area is 172 Å². The van der Waals surface area contributed by atoms with Crippen LogP contribution in [0, 0.1) is 5.92 Å². The van der Waals surface area contributed by atoms with Crippen LogP contribution in [0.25, 0.3) is 11.3 Å². The fourth-order valence-corrected chi connectivity index (χ4v) is 4.20. The molecule has 0 aliphatic carbocycles. The number of pyridine rings is 1. The van der Waals surface area contributed by atoms with Crippen molar-refractivity contribution in [3.8, 4) is 17.0 Å². The highest BCUT2D eigenvalue weighted by atomic mass is 32.2. The van der Waals surface area contributed by atoms with Gasteiger partial charge in [-0.05, 0) is 70.0 Å². The van der Waals surface area contributed by atoms with Crippen LogP contribution in [-0.2, 0) is 9.84 Å². The number of rotatable bonds is 7. The molecule has 0 spiro atoms. The number of aromatic nitrogens is 1. The predicted molar refractivity (Wildman–Crippen MR) is 113 cm³/mol. The van der Waals surface area contributed by atoms with E-state index in [1.807, 2.05) is 12.1 Å². The summed E-state index contributed by atoms with van der Waals surface area (Å²) in [6.45, 7) is 6.18. The van der Waals surface area contributed by atoms with Crippen LogP contribution in [0.4, 0.5) is 4.39 Å². The van der Waals surface area contributed by atoms with Crippen molar-refractivity contribution in [1.82, 2.24) is 9.88 Å².